The molecule has 6 rings (SSSR count). The fourth-order valence-electron chi connectivity index (χ4n) is 9.16. The number of aliphatic hydroxyl groups excluding tert-OH is 1. The van der Waals surface area contributed by atoms with E-state index in [2.05, 4.69) is 4.84 Å². The van der Waals surface area contributed by atoms with Gasteiger partial charge in [0, 0.05) is 16.7 Å². The van der Waals surface area contributed by atoms with E-state index >= 15 is 4.39 Å². The Balaban J connectivity index is 1.23. The second-order valence-corrected chi connectivity index (χ2v) is 13.9. The molecule has 1 aromatic carbocycles. The Hall–Kier alpha value is -3.48. The molecule has 5 aliphatic rings. The van der Waals surface area contributed by atoms with E-state index in [0.29, 0.717) is 36.0 Å². The maximum atomic E-state index is 17.6. The van der Waals surface area contributed by atoms with Gasteiger partial charge >= 0.3 is 5.97 Å². The Morgan fingerprint density at radius 2 is 1.82 bits per heavy atom. The number of carbonyl (C=O) groups is 3. The first-order chi connectivity index (χ1) is 21.1. The van der Waals surface area contributed by atoms with Gasteiger partial charge in [-0.2, -0.15) is 0 Å². The molecule has 1 heterocycles. The first-order valence-electron chi connectivity index (χ1n) is 15.3. The van der Waals surface area contributed by atoms with Crippen LogP contribution in [0.1, 0.15) is 64.5 Å². The van der Waals surface area contributed by atoms with Gasteiger partial charge in [0.2, 0.25) is 5.78 Å². The molecular weight excluding hydrogens is 589 g/mol. The minimum absolute atomic E-state index is 0.0859. The van der Waals surface area contributed by atoms with Gasteiger partial charge in [-0.1, -0.05) is 42.8 Å². The molecule has 1 N–H and O–H groups in total. The average Bonchev–Trinajstić information content (AvgIpc) is 3.38. The molecule has 1 aromatic rings. The largest absolute Gasteiger partial charge is 0.457 e. The Labute approximate surface area is 259 Å². The molecule has 45 heavy (non-hydrogen) atoms. The van der Waals surface area contributed by atoms with E-state index in [1.807, 2.05) is 6.92 Å². The molecule has 1 unspecified atom stereocenters. The van der Waals surface area contributed by atoms with Crippen molar-refractivity contribution in [2.45, 2.75) is 95.7 Å². The van der Waals surface area contributed by atoms with Gasteiger partial charge in [-0.3, -0.25) is 14.4 Å². The molecule has 11 nitrogen and oxygen atoms in total. The number of benzene rings is 1. The summed E-state index contributed by atoms with van der Waals surface area (Å²) in [6.07, 6.45) is 3.20. The molecule has 0 bridgehead atoms. The van der Waals surface area contributed by atoms with E-state index in [-0.39, 0.29) is 25.2 Å². The Morgan fingerprint density at radius 3 is 2.51 bits per heavy atom. The Bertz CT molecular complexity index is 1500. The highest BCUT2D eigenvalue weighted by Crippen LogP contribution is 2.72. The molecular formula is C33H38FNO10. The number of ether oxygens (including phenoxy) is 3. The molecule has 8 atom stereocenters. The fraction of sp³-hybridized carbons (Fsp3) is 0.606. The summed E-state index contributed by atoms with van der Waals surface area (Å²) in [5.74, 6) is -3.54. The fourth-order valence-corrected chi connectivity index (χ4v) is 9.16. The summed E-state index contributed by atoms with van der Waals surface area (Å²) in [6.45, 7) is 6.17. The van der Waals surface area contributed by atoms with Crippen LogP contribution in [0.25, 0.3) is 0 Å². The van der Waals surface area contributed by atoms with Gasteiger partial charge in [0.1, 0.15) is 6.61 Å². The topological polar surface area (TPSA) is 152 Å². The van der Waals surface area contributed by atoms with Crippen LogP contribution in [0.15, 0.2) is 48.1 Å². The summed E-state index contributed by atoms with van der Waals surface area (Å²) in [5.41, 5.74) is -4.08. The van der Waals surface area contributed by atoms with Gasteiger partial charge in [-0.05, 0) is 75.7 Å². The van der Waals surface area contributed by atoms with Crippen molar-refractivity contribution in [1.82, 2.24) is 0 Å². The number of carbonyl (C=O) groups excluding carboxylic acids is 3. The molecule has 0 amide bonds. The van der Waals surface area contributed by atoms with Crippen LogP contribution in [0.5, 0.6) is 0 Å². The number of ketones is 2. The molecule has 0 radical (unpaired) electrons. The van der Waals surface area contributed by atoms with Crippen LogP contribution >= 0.6 is 0 Å². The van der Waals surface area contributed by atoms with Crippen molar-refractivity contribution < 1.29 is 48.0 Å². The molecule has 242 valence electrons. The van der Waals surface area contributed by atoms with Gasteiger partial charge in [-0.25, -0.2) is 4.39 Å². The molecule has 4 aliphatic carbocycles. The minimum Gasteiger partial charge on any atom is -0.457 e. The third-order valence-electron chi connectivity index (χ3n) is 11.1. The number of esters is 1. The van der Waals surface area contributed by atoms with Crippen LogP contribution in [0.4, 0.5) is 4.39 Å². The summed E-state index contributed by atoms with van der Waals surface area (Å²) in [5, 5.41) is 21.2. The van der Waals surface area contributed by atoms with E-state index in [1.54, 1.807) is 51.1 Å². The van der Waals surface area contributed by atoms with Crippen LogP contribution in [0, 0.1) is 32.8 Å². The number of rotatable bonds is 8. The van der Waals surface area contributed by atoms with Gasteiger partial charge in [0.15, 0.2) is 29.4 Å². The van der Waals surface area contributed by atoms with E-state index in [0.717, 1.165) is 0 Å². The summed E-state index contributed by atoms with van der Waals surface area (Å²) < 4.78 is 35.8. The number of alkyl halides is 1. The van der Waals surface area contributed by atoms with Gasteiger partial charge < -0.3 is 24.2 Å². The lowest BCUT2D eigenvalue weighted by Gasteiger charge is -2.62. The maximum absolute atomic E-state index is 17.6. The number of hydrogen-bond acceptors (Lipinski definition) is 10. The Morgan fingerprint density at radius 1 is 1.13 bits per heavy atom. The van der Waals surface area contributed by atoms with Crippen molar-refractivity contribution in [3.8, 4) is 0 Å². The number of fused-ring (bicyclic) bond motifs is 7. The quantitative estimate of drug-likeness (QED) is 0.255. The number of hydrogen-bond donors (Lipinski definition) is 1. The average molecular weight is 628 g/mol. The summed E-state index contributed by atoms with van der Waals surface area (Å²) >= 11 is 0. The van der Waals surface area contributed by atoms with Crippen LogP contribution in [-0.2, 0) is 46.5 Å². The number of Topliss-reactive ketones (excluding diaryl/α,β-unsaturated/α-hetero) is 1. The molecule has 12 heteroatoms. The van der Waals surface area contributed by atoms with E-state index in [4.69, 9.17) is 14.2 Å². The molecule has 0 aromatic heterocycles. The van der Waals surface area contributed by atoms with Crippen molar-refractivity contribution in [2.75, 3.05) is 6.61 Å². The second-order valence-electron chi connectivity index (χ2n) is 13.9. The molecule has 1 aliphatic heterocycles. The minimum atomic E-state index is -2.08. The van der Waals surface area contributed by atoms with Crippen molar-refractivity contribution >= 4 is 17.5 Å². The first kappa shape index (κ1) is 31.5. The number of aliphatic hydroxyl groups is 1. The summed E-state index contributed by atoms with van der Waals surface area (Å²) in [6, 6.07) is 6.42. The SMILES string of the molecule is CC1(C)O[C@@H]2C[C@H]3C4CCC5=CC(=O)C=C[C@]5(C)[C@@]4(F)[C@@H](O)C[C@]3(C)[C@]2(C(=O)COC(=O)Cc2ccc(CO[N+](=O)[O-])cc2)O1. The van der Waals surface area contributed by atoms with Gasteiger partial charge in [-0.15, -0.1) is 10.1 Å². The highest BCUT2D eigenvalue weighted by Gasteiger charge is 2.80. The predicted molar refractivity (Wildman–Crippen MR) is 154 cm³/mol. The standard InChI is InChI=1S/C33H38FNO10/c1-29(2)44-27-15-24-23-10-9-21-14-22(36)11-12-30(21,3)32(23,34)25(37)16-31(24,4)33(27,45-29)26(38)18-42-28(39)13-19-5-7-20(8-6-19)17-43-35(40)41/h5-8,11-12,14,23-25,27,37H,9-10,13,15-18H2,1-4H3/t23?,24-,25-,27+,30-,31-,32-,33+/m0/s1. The lowest BCUT2D eigenvalue weighted by molar-refractivity contribution is -0.763. The summed E-state index contributed by atoms with van der Waals surface area (Å²) in [4.78, 5) is 53.9. The van der Waals surface area contributed by atoms with Crippen LogP contribution in [0.2, 0.25) is 0 Å². The van der Waals surface area contributed by atoms with Crippen LogP contribution < -0.4 is 0 Å². The molecule has 3 saturated carbocycles. The number of nitrogens with zero attached hydrogens (tertiary/aromatic N) is 1. The van der Waals surface area contributed by atoms with Gasteiger partial charge in [0.05, 0.1) is 18.6 Å². The van der Waals surface area contributed by atoms with Crippen LogP contribution in [0.3, 0.4) is 0 Å². The highest BCUT2D eigenvalue weighted by molar-refractivity contribution is 6.01. The third kappa shape index (κ3) is 4.67. The second kappa shape index (κ2) is 10.5. The van der Waals surface area contributed by atoms with Crippen molar-refractivity contribution in [2.24, 2.45) is 22.7 Å². The predicted octanol–water partition coefficient (Wildman–Crippen LogP) is 3.92. The molecule has 0 spiro atoms. The van der Waals surface area contributed by atoms with E-state index < -0.39 is 75.4 Å². The zero-order chi connectivity index (χ0) is 32.6. The zero-order valence-electron chi connectivity index (χ0n) is 25.7. The normalized spacial score (nSPS) is 39.2. The highest BCUT2D eigenvalue weighted by atomic mass is 19.1. The third-order valence-corrected chi connectivity index (χ3v) is 11.1. The van der Waals surface area contributed by atoms with E-state index in [1.165, 1.54) is 12.2 Å². The van der Waals surface area contributed by atoms with Gasteiger partial charge in [0.25, 0.3) is 5.09 Å². The first-order valence-corrected chi connectivity index (χ1v) is 15.3. The monoisotopic (exact) mass is 627 g/mol. The summed E-state index contributed by atoms with van der Waals surface area (Å²) in [7, 11) is 0. The molecule has 1 saturated heterocycles. The van der Waals surface area contributed by atoms with Crippen molar-refractivity contribution in [3.05, 3.63) is 69.3 Å². The zero-order valence-corrected chi connectivity index (χ0v) is 25.7. The van der Waals surface area contributed by atoms with Crippen molar-refractivity contribution in [3.63, 3.8) is 0 Å². The lowest BCUT2D eigenvalue weighted by atomic mass is 9.44. The Kier molecular flexibility index (Phi) is 7.37. The number of allylic oxidation sites excluding steroid dienone is 4. The lowest BCUT2D eigenvalue weighted by Crippen LogP contribution is -2.70. The maximum Gasteiger partial charge on any atom is 0.310 e. The molecule has 4 fully saturated rings. The van der Waals surface area contributed by atoms with E-state index in [9.17, 15) is 29.6 Å². The number of halogens is 1. The van der Waals surface area contributed by atoms with Crippen LogP contribution in [-0.4, -0.2) is 63.6 Å². The van der Waals surface area contributed by atoms with Crippen molar-refractivity contribution in [1.29, 1.82) is 0 Å². The smallest absolute Gasteiger partial charge is 0.310 e.